The number of aliphatic hydroxyl groups excluding tert-OH is 3. The second kappa shape index (κ2) is 8.05. The highest BCUT2D eigenvalue weighted by Crippen LogP contribution is 2.19. The maximum atomic E-state index is 11.5. The molecule has 6 nitrogen and oxygen atoms in total. The third kappa shape index (κ3) is 5.16. The van der Waals surface area contributed by atoms with Crippen molar-refractivity contribution in [1.29, 1.82) is 0 Å². The van der Waals surface area contributed by atoms with Crippen LogP contribution in [-0.4, -0.2) is 53.3 Å². The summed E-state index contributed by atoms with van der Waals surface area (Å²) in [4.78, 5) is 11.5. The predicted molar refractivity (Wildman–Crippen MR) is 60.1 cm³/mol. The van der Waals surface area contributed by atoms with Crippen LogP contribution in [0.3, 0.4) is 0 Å². The van der Waals surface area contributed by atoms with E-state index in [-0.39, 0.29) is 25.4 Å². The Bertz CT molecular complexity index is 246. The van der Waals surface area contributed by atoms with Crippen LogP contribution in [0, 0.1) is 0 Å². The SMILES string of the molecule is C=C(OCC)C(=O)OC(CO)(CO)CCCO. The number of carbonyl (C=O) groups excluding carboxylic acids is 1. The summed E-state index contributed by atoms with van der Waals surface area (Å²) in [5.41, 5.74) is -1.40. The first-order valence-electron chi connectivity index (χ1n) is 5.43. The van der Waals surface area contributed by atoms with Crippen molar-refractivity contribution in [3.05, 3.63) is 12.3 Å². The first-order valence-corrected chi connectivity index (χ1v) is 5.43. The molecule has 0 aromatic rings. The van der Waals surface area contributed by atoms with Crippen molar-refractivity contribution in [3.63, 3.8) is 0 Å². The molecule has 0 aromatic heterocycles. The largest absolute Gasteiger partial charge is 0.487 e. The van der Waals surface area contributed by atoms with E-state index < -0.39 is 24.8 Å². The zero-order chi connectivity index (χ0) is 13.3. The van der Waals surface area contributed by atoms with Crippen molar-refractivity contribution in [1.82, 2.24) is 0 Å². The standard InChI is InChI=1S/C11H20O6/c1-3-16-9(2)10(15)17-11(7-13,8-14)5-4-6-12/h12-14H,2-8H2,1H3. The number of hydrogen-bond acceptors (Lipinski definition) is 6. The molecule has 0 spiro atoms. The van der Waals surface area contributed by atoms with Crippen LogP contribution in [0.1, 0.15) is 19.8 Å². The van der Waals surface area contributed by atoms with Crippen molar-refractivity contribution in [2.24, 2.45) is 0 Å². The number of rotatable bonds is 9. The molecule has 0 bridgehead atoms. The monoisotopic (exact) mass is 248 g/mol. The van der Waals surface area contributed by atoms with Crippen molar-refractivity contribution in [2.45, 2.75) is 25.4 Å². The van der Waals surface area contributed by atoms with Gasteiger partial charge in [-0.1, -0.05) is 0 Å². The molecule has 0 rings (SSSR count). The molecule has 0 unspecified atom stereocenters. The Morgan fingerprint density at radius 3 is 2.29 bits per heavy atom. The Hall–Kier alpha value is -1.11. The fourth-order valence-electron chi connectivity index (χ4n) is 1.21. The molecule has 3 N–H and O–H groups in total. The van der Waals surface area contributed by atoms with Gasteiger partial charge in [0.25, 0.3) is 0 Å². The number of esters is 1. The molecular formula is C11H20O6. The Balaban J connectivity index is 4.51. The van der Waals surface area contributed by atoms with Crippen LogP contribution >= 0.6 is 0 Å². The maximum Gasteiger partial charge on any atom is 0.373 e. The lowest BCUT2D eigenvalue weighted by Gasteiger charge is -2.29. The van der Waals surface area contributed by atoms with Gasteiger partial charge in [0.15, 0.2) is 11.4 Å². The molecule has 6 heteroatoms. The molecule has 0 saturated carbocycles. The van der Waals surface area contributed by atoms with E-state index in [0.717, 1.165) is 0 Å². The highest BCUT2D eigenvalue weighted by molar-refractivity contribution is 5.85. The van der Waals surface area contributed by atoms with Crippen LogP contribution in [-0.2, 0) is 14.3 Å². The summed E-state index contributed by atoms with van der Waals surface area (Å²) in [6.45, 7) is 4.15. The maximum absolute atomic E-state index is 11.5. The molecule has 0 fully saturated rings. The minimum absolute atomic E-state index is 0.119. The van der Waals surface area contributed by atoms with E-state index in [2.05, 4.69) is 6.58 Å². The summed E-state index contributed by atoms with van der Waals surface area (Å²) in [7, 11) is 0. The fraction of sp³-hybridized carbons (Fsp3) is 0.727. The molecule has 17 heavy (non-hydrogen) atoms. The van der Waals surface area contributed by atoms with E-state index in [4.69, 9.17) is 14.6 Å². The van der Waals surface area contributed by atoms with Gasteiger partial charge in [-0.2, -0.15) is 0 Å². The number of carbonyl (C=O) groups is 1. The van der Waals surface area contributed by atoms with E-state index in [1.807, 2.05) is 0 Å². The van der Waals surface area contributed by atoms with Crippen LogP contribution in [0.2, 0.25) is 0 Å². The van der Waals surface area contributed by atoms with Gasteiger partial charge in [-0.3, -0.25) is 0 Å². The van der Waals surface area contributed by atoms with Crippen molar-refractivity contribution in [3.8, 4) is 0 Å². The Morgan fingerprint density at radius 2 is 1.88 bits per heavy atom. The van der Waals surface area contributed by atoms with Gasteiger partial charge in [0.05, 0.1) is 19.8 Å². The zero-order valence-corrected chi connectivity index (χ0v) is 10.0. The number of hydrogen-bond donors (Lipinski definition) is 3. The van der Waals surface area contributed by atoms with Gasteiger partial charge >= 0.3 is 5.97 Å². The first-order chi connectivity index (χ1) is 8.05. The highest BCUT2D eigenvalue weighted by atomic mass is 16.6. The molecule has 0 aliphatic rings. The molecular weight excluding hydrogens is 228 g/mol. The smallest absolute Gasteiger partial charge is 0.373 e. The number of aliphatic hydroxyl groups is 3. The molecule has 0 heterocycles. The second-order valence-electron chi connectivity index (χ2n) is 3.57. The van der Waals surface area contributed by atoms with Crippen LogP contribution in [0.5, 0.6) is 0 Å². The molecule has 100 valence electrons. The average Bonchev–Trinajstić information content (AvgIpc) is 2.34. The van der Waals surface area contributed by atoms with Gasteiger partial charge < -0.3 is 24.8 Å². The third-order valence-electron chi connectivity index (χ3n) is 2.22. The van der Waals surface area contributed by atoms with Gasteiger partial charge in [-0.05, 0) is 26.3 Å². The molecule has 0 atom stereocenters. The minimum Gasteiger partial charge on any atom is -0.487 e. The van der Waals surface area contributed by atoms with E-state index in [1.165, 1.54) is 0 Å². The summed E-state index contributed by atoms with van der Waals surface area (Å²) in [5.74, 6) is -1.00. The van der Waals surface area contributed by atoms with Gasteiger partial charge in [-0.25, -0.2) is 4.79 Å². The molecule has 0 aliphatic heterocycles. The Kier molecular flexibility index (Phi) is 7.53. The summed E-state index contributed by atoms with van der Waals surface area (Å²) in [5, 5.41) is 27.1. The summed E-state index contributed by atoms with van der Waals surface area (Å²) < 4.78 is 9.84. The lowest BCUT2D eigenvalue weighted by atomic mass is 9.99. The molecule has 0 amide bonds. The molecule has 0 radical (unpaired) electrons. The lowest BCUT2D eigenvalue weighted by Crippen LogP contribution is -2.43. The first kappa shape index (κ1) is 15.9. The van der Waals surface area contributed by atoms with Gasteiger partial charge in [0, 0.05) is 6.61 Å². The van der Waals surface area contributed by atoms with E-state index in [0.29, 0.717) is 6.42 Å². The second-order valence-corrected chi connectivity index (χ2v) is 3.57. The van der Waals surface area contributed by atoms with Crippen LogP contribution < -0.4 is 0 Å². The topological polar surface area (TPSA) is 96.2 Å². The minimum atomic E-state index is -1.40. The quantitative estimate of drug-likeness (QED) is 0.291. The Labute approximate surface area is 100 Å². The normalized spacial score (nSPS) is 11.1. The van der Waals surface area contributed by atoms with E-state index in [9.17, 15) is 15.0 Å². The molecule has 0 aromatic carbocycles. The van der Waals surface area contributed by atoms with Crippen molar-refractivity contribution in [2.75, 3.05) is 26.4 Å². The predicted octanol–water partition coefficient (Wildman–Crippen LogP) is -0.424. The van der Waals surface area contributed by atoms with Crippen LogP contribution in [0.25, 0.3) is 0 Å². The Morgan fingerprint density at radius 1 is 1.29 bits per heavy atom. The van der Waals surface area contributed by atoms with Crippen LogP contribution in [0.15, 0.2) is 12.3 Å². The molecule has 0 aliphatic carbocycles. The van der Waals surface area contributed by atoms with E-state index in [1.54, 1.807) is 6.92 Å². The summed E-state index contributed by atoms with van der Waals surface area (Å²) in [6.07, 6.45) is 0.456. The van der Waals surface area contributed by atoms with Crippen molar-refractivity contribution < 1.29 is 29.6 Å². The van der Waals surface area contributed by atoms with Gasteiger partial charge in [-0.15, -0.1) is 0 Å². The van der Waals surface area contributed by atoms with E-state index >= 15 is 0 Å². The van der Waals surface area contributed by atoms with Gasteiger partial charge in [0.1, 0.15) is 0 Å². The number of ether oxygens (including phenoxy) is 2. The molecule has 0 saturated heterocycles. The van der Waals surface area contributed by atoms with Crippen LogP contribution in [0.4, 0.5) is 0 Å². The lowest BCUT2D eigenvalue weighted by molar-refractivity contribution is -0.170. The van der Waals surface area contributed by atoms with Gasteiger partial charge in [0.2, 0.25) is 0 Å². The highest BCUT2D eigenvalue weighted by Gasteiger charge is 2.33. The third-order valence-corrected chi connectivity index (χ3v) is 2.22. The summed E-state index contributed by atoms with van der Waals surface area (Å²) in [6, 6.07) is 0. The fourth-order valence-corrected chi connectivity index (χ4v) is 1.21. The summed E-state index contributed by atoms with van der Waals surface area (Å²) >= 11 is 0. The van der Waals surface area contributed by atoms with Crippen molar-refractivity contribution >= 4 is 5.97 Å². The zero-order valence-electron chi connectivity index (χ0n) is 10.0. The average molecular weight is 248 g/mol.